The second-order valence-electron chi connectivity index (χ2n) is 6.59. The third-order valence-electron chi connectivity index (χ3n) is 4.77. The van der Waals surface area contributed by atoms with Crippen molar-refractivity contribution in [1.29, 1.82) is 0 Å². The molecule has 0 bridgehead atoms. The quantitative estimate of drug-likeness (QED) is 0.854. The summed E-state index contributed by atoms with van der Waals surface area (Å²) in [5, 5.41) is 0. The van der Waals surface area contributed by atoms with E-state index in [1.54, 1.807) is 10.4 Å². The van der Waals surface area contributed by atoms with E-state index >= 15 is 0 Å². The van der Waals surface area contributed by atoms with Gasteiger partial charge in [0.2, 0.25) is 10.0 Å². The predicted molar refractivity (Wildman–Crippen MR) is 86.6 cm³/mol. The summed E-state index contributed by atoms with van der Waals surface area (Å²) in [4.78, 5) is 0.355. The Morgan fingerprint density at radius 3 is 2.43 bits per heavy atom. The van der Waals surface area contributed by atoms with Gasteiger partial charge in [-0.1, -0.05) is 13.8 Å². The third-order valence-corrected chi connectivity index (χ3v) is 6.85. The van der Waals surface area contributed by atoms with Gasteiger partial charge in [0.25, 0.3) is 0 Å². The van der Waals surface area contributed by atoms with E-state index in [9.17, 15) is 8.42 Å². The standard InChI is InChI=1S/C16H26N2O2S/c1-10-6-12(3)14(5)18(9-10)21(19,20)16-8-15(17)7-11(2)13(16)4/h7-8,10,12,14H,6,9,17H2,1-5H3. The summed E-state index contributed by atoms with van der Waals surface area (Å²) in [6.45, 7) is 10.6. The zero-order chi connectivity index (χ0) is 15.9. The summed E-state index contributed by atoms with van der Waals surface area (Å²) in [5.41, 5.74) is 8.07. The molecule has 1 saturated heterocycles. The number of nitrogens with zero attached hydrogens (tertiary/aromatic N) is 1. The van der Waals surface area contributed by atoms with Gasteiger partial charge in [-0.25, -0.2) is 8.42 Å². The first-order valence-corrected chi connectivity index (χ1v) is 8.97. The number of anilines is 1. The summed E-state index contributed by atoms with van der Waals surface area (Å²) < 4.78 is 27.8. The molecule has 0 saturated carbocycles. The smallest absolute Gasteiger partial charge is 0.243 e. The number of rotatable bonds is 2. The summed E-state index contributed by atoms with van der Waals surface area (Å²) in [5.74, 6) is 0.749. The van der Waals surface area contributed by atoms with Crippen molar-refractivity contribution < 1.29 is 8.42 Å². The van der Waals surface area contributed by atoms with E-state index in [0.717, 1.165) is 17.5 Å². The number of sulfonamides is 1. The van der Waals surface area contributed by atoms with Crippen molar-refractivity contribution in [1.82, 2.24) is 4.31 Å². The molecule has 1 aromatic rings. The van der Waals surface area contributed by atoms with Crippen LogP contribution in [0, 0.1) is 25.7 Å². The Bertz CT molecular complexity index is 640. The minimum absolute atomic E-state index is 0.0207. The van der Waals surface area contributed by atoms with Crippen molar-refractivity contribution in [3.63, 3.8) is 0 Å². The number of nitrogens with two attached hydrogens (primary N) is 1. The first kappa shape index (κ1) is 16.3. The van der Waals surface area contributed by atoms with Crippen LogP contribution in [0.3, 0.4) is 0 Å². The SMILES string of the molecule is Cc1cc(N)cc(S(=O)(=O)N2CC(C)CC(C)C2C)c1C. The molecule has 0 aromatic heterocycles. The van der Waals surface area contributed by atoms with Crippen LogP contribution in [-0.2, 0) is 10.0 Å². The Balaban J connectivity index is 2.51. The van der Waals surface area contributed by atoms with E-state index in [4.69, 9.17) is 5.73 Å². The maximum atomic E-state index is 13.1. The number of hydrogen-bond donors (Lipinski definition) is 1. The second-order valence-corrected chi connectivity index (χ2v) is 8.45. The highest BCUT2D eigenvalue weighted by molar-refractivity contribution is 7.89. The molecule has 3 atom stereocenters. The fourth-order valence-electron chi connectivity index (χ4n) is 3.23. The van der Waals surface area contributed by atoms with Crippen molar-refractivity contribution in [2.24, 2.45) is 11.8 Å². The topological polar surface area (TPSA) is 63.4 Å². The zero-order valence-electron chi connectivity index (χ0n) is 13.6. The molecule has 1 aromatic carbocycles. The maximum Gasteiger partial charge on any atom is 0.243 e. The molecular formula is C16H26N2O2S. The first-order valence-electron chi connectivity index (χ1n) is 7.53. The van der Waals surface area contributed by atoms with Gasteiger partial charge in [-0.2, -0.15) is 4.31 Å². The van der Waals surface area contributed by atoms with Crippen LogP contribution in [0.4, 0.5) is 5.69 Å². The average Bonchev–Trinajstić information content (AvgIpc) is 2.37. The van der Waals surface area contributed by atoms with Gasteiger partial charge in [0.15, 0.2) is 0 Å². The Morgan fingerprint density at radius 1 is 1.19 bits per heavy atom. The lowest BCUT2D eigenvalue weighted by atomic mass is 9.88. The lowest BCUT2D eigenvalue weighted by molar-refractivity contribution is 0.157. The molecule has 2 rings (SSSR count). The Hall–Kier alpha value is -1.07. The molecule has 118 valence electrons. The van der Waals surface area contributed by atoms with Gasteiger partial charge in [0.1, 0.15) is 0 Å². The van der Waals surface area contributed by atoms with Gasteiger partial charge < -0.3 is 5.73 Å². The molecule has 1 fully saturated rings. The van der Waals surface area contributed by atoms with E-state index in [-0.39, 0.29) is 6.04 Å². The Morgan fingerprint density at radius 2 is 1.81 bits per heavy atom. The van der Waals surface area contributed by atoms with Crippen LogP contribution in [0.2, 0.25) is 0 Å². The fraction of sp³-hybridized carbons (Fsp3) is 0.625. The van der Waals surface area contributed by atoms with Crippen LogP contribution in [0.5, 0.6) is 0 Å². The molecule has 2 N–H and O–H groups in total. The number of nitrogen functional groups attached to an aromatic ring is 1. The highest BCUT2D eigenvalue weighted by Crippen LogP contribution is 2.33. The van der Waals surface area contributed by atoms with Crippen LogP contribution < -0.4 is 5.73 Å². The third kappa shape index (κ3) is 2.94. The van der Waals surface area contributed by atoms with Gasteiger partial charge in [0.05, 0.1) is 4.90 Å². The van der Waals surface area contributed by atoms with Crippen molar-refractivity contribution in [2.75, 3.05) is 12.3 Å². The van der Waals surface area contributed by atoms with E-state index in [1.165, 1.54) is 0 Å². The molecule has 5 heteroatoms. The molecule has 0 radical (unpaired) electrons. The van der Waals surface area contributed by atoms with Crippen LogP contribution >= 0.6 is 0 Å². The van der Waals surface area contributed by atoms with Gasteiger partial charge in [0, 0.05) is 18.3 Å². The molecule has 3 unspecified atom stereocenters. The van der Waals surface area contributed by atoms with Crippen molar-refractivity contribution >= 4 is 15.7 Å². The summed E-state index contributed by atoms with van der Waals surface area (Å²) in [7, 11) is -3.50. The monoisotopic (exact) mass is 310 g/mol. The van der Waals surface area contributed by atoms with Crippen molar-refractivity contribution in [3.8, 4) is 0 Å². The molecule has 0 aliphatic carbocycles. The minimum atomic E-state index is -3.50. The van der Waals surface area contributed by atoms with E-state index in [2.05, 4.69) is 13.8 Å². The highest BCUT2D eigenvalue weighted by atomic mass is 32.2. The number of hydrogen-bond acceptors (Lipinski definition) is 3. The number of piperidine rings is 1. The van der Waals surface area contributed by atoms with E-state index < -0.39 is 10.0 Å². The van der Waals surface area contributed by atoms with Crippen LogP contribution in [-0.4, -0.2) is 25.3 Å². The minimum Gasteiger partial charge on any atom is -0.399 e. The second kappa shape index (κ2) is 5.61. The van der Waals surface area contributed by atoms with Crippen molar-refractivity contribution in [2.45, 2.75) is 52.0 Å². The molecule has 1 heterocycles. The Kier molecular flexibility index (Phi) is 4.36. The van der Waals surface area contributed by atoms with E-state index in [0.29, 0.717) is 29.0 Å². The molecule has 21 heavy (non-hydrogen) atoms. The summed E-state index contributed by atoms with van der Waals surface area (Å²) in [6, 6.07) is 3.43. The number of aryl methyl sites for hydroxylation is 1. The van der Waals surface area contributed by atoms with Gasteiger partial charge >= 0.3 is 0 Å². The molecule has 4 nitrogen and oxygen atoms in total. The molecule has 0 amide bonds. The van der Waals surface area contributed by atoms with Crippen LogP contribution in [0.1, 0.15) is 38.3 Å². The predicted octanol–water partition coefficient (Wildman–Crippen LogP) is 2.94. The van der Waals surface area contributed by atoms with Gasteiger partial charge in [-0.15, -0.1) is 0 Å². The normalized spacial score (nSPS) is 27.8. The fourth-order valence-corrected chi connectivity index (χ4v) is 5.41. The van der Waals surface area contributed by atoms with Gasteiger partial charge in [-0.05, 0) is 62.3 Å². The largest absolute Gasteiger partial charge is 0.399 e. The van der Waals surface area contributed by atoms with Crippen LogP contribution in [0.25, 0.3) is 0 Å². The number of benzene rings is 1. The maximum absolute atomic E-state index is 13.1. The summed E-state index contributed by atoms with van der Waals surface area (Å²) in [6.07, 6.45) is 1.07. The van der Waals surface area contributed by atoms with Gasteiger partial charge in [-0.3, -0.25) is 0 Å². The molecule has 1 aliphatic heterocycles. The van der Waals surface area contributed by atoms with Crippen LogP contribution in [0.15, 0.2) is 17.0 Å². The zero-order valence-corrected chi connectivity index (χ0v) is 14.4. The lowest BCUT2D eigenvalue weighted by Crippen LogP contribution is -2.48. The first-order chi connectivity index (χ1) is 9.64. The summed E-state index contributed by atoms with van der Waals surface area (Å²) >= 11 is 0. The molecule has 1 aliphatic rings. The lowest BCUT2D eigenvalue weighted by Gasteiger charge is -2.40. The highest BCUT2D eigenvalue weighted by Gasteiger charge is 2.37. The van der Waals surface area contributed by atoms with E-state index in [1.807, 2.05) is 26.8 Å². The Labute approximate surface area is 128 Å². The average molecular weight is 310 g/mol. The van der Waals surface area contributed by atoms with Crippen molar-refractivity contribution in [3.05, 3.63) is 23.3 Å². The molecule has 0 spiro atoms. The molecular weight excluding hydrogens is 284 g/mol.